The van der Waals surface area contributed by atoms with Crippen molar-refractivity contribution in [2.75, 3.05) is 20.7 Å². The molecule has 0 N–H and O–H groups in total. The lowest BCUT2D eigenvalue weighted by Crippen LogP contribution is -2.39. The molecule has 9 heteroatoms. The van der Waals surface area contributed by atoms with Crippen molar-refractivity contribution in [3.05, 3.63) is 95.8 Å². The van der Waals surface area contributed by atoms with E-state index in [1.165, 1.54) is 24.2 Å². The summed E-state index contributed by atoms with van der Waals surface area (Å²) in [5.74, 6) is -0.325. The Hall–Kier alpha value is -3.56. The number of halogens is 1. The summed E-state index contributed by atoms with van der Waals surface area (Å²) < 4.78 is 45.2. The van der Waals surface area contributed by atoms with E-state index in [2.05, 4.69) is 5.10 Å². The predicted molar refractivity (Wildman–Crippen MR) is 126 cm³/mol. The molecular weight excluding hydrogens is 457 g/mol. The number of hydrazone groups is 1. The van der Waals surface area contributed by atoms with Gasteiger partial charge in [0.25, 0.3) is 5.91 Å². The molecule has 1 amide bonds. The first-order valence-corrected chi connectivity index (χ1v) is 12.0. The summed E-state index contributed by atoms with van der Waals surface area (Å²) in [5.41, 5.74) is 2.48. The van der Waals surface area contributed by atoms with Crippen LogP contribution in [0.5, 0.6) is 5.75 Å². The van der Waals surface area contributed by atoms with Crippen molar-refractivity contribution in [2.45, 2.75) is 17.4 Å². The average Bonchev–Trinajstić information content (AvgIpc) is 3.30. The number of amides is 1. The summed E-state index contributed by atoms with van der Waals surface area (Å²) in [6, 6.07) is 21.0. The zero-order valence-corrected chi connectivity index (χ0v) is 19.6. The summed E-state index contributed by atoms with van der Waals surface area (Å²) in [6.45, 7) is -0.419. The topological polar surface area (TPSA) is 79.3 Å². The van der Waals surface area contributed by atoms with Crippen LogP contribution in [0, 0.1) is 5.82 Å². The number of hydrogen-bond acceptors (Lipinski definition) is 5. The van der Waals surface area contributed by atoms with Crippen LogP contribution >= 0.6 is 0 Å². The molecular formula is C25H24FN3O4S. The van der Waals surface area contributed by atoms with Crippen LogP contribution in [0.4, 0.5) is 4.39 Å². The second-order valence-electron chi connectivity index (χ2n) is 7.86. The average molecular weight is 482 g/mol. The lowest BCUT2D eigenvalue weighted by atomic mass is 9.98. The van der Waals surface area contributed by atoms with Crippen LogP contribution in [0.3, 0.4) is 0 Å². The third kappa shape index (κ3) is 4.85. The highest BCUT2D eigenvalue weighted by Crippen LogP contribution is 2.34. The lowest BCUT2D eigenvalue weighted by Gasteiger charge is -2.24. The first-order chi connectivity index (χ1) is 16.3. The molecule has 0 unspecified atom stereocenters. The number of carbonyl (C=O) groups excluding carboxylic acids is 1. The molecule has 3 aromatic rings. The number of benzene rings is 3. The predicted octanol–water partition coefficient (Wildman–Crippen LogP) is 3.83. The van der Waals surface area contributed by atoms with Gasteiger partial charge in [0.15, 0.2) is 0 Å². The zero-order chi connectivity index (χ0) is 24.3. The first kappa shape index (κ1) is 23.6. The van der Waals surface area contributed by atoms with Crippen molar-refractivity contribution in [2.24, 2.45) is 5.10 Å². The molecule has 0 saturated heterocycles. The number of carbonyl (C=O) groups is 1. The van der Waals surface area contributed by atoms with E-state index < -0.39 is 34.3 Å². The van der Waals surface area contributed by atoms with Crippen molar-refractivity contribution in [3.8, 4) is 5.75 Å². The Labute approximate surface area is 198 Å². The molecule has 0 fully saturated rings. The minimum absolute atomic E-state index is 0.0918. The number of ether oxygens (including phenoxy) is 1. The zero-order valence-electron chi connectivity index (χ0n) is 18.8. The second kappa shape index (κ2) is 9.74. The molecule has 0 bridgehead atoms. The fraction of sp³-hybridized carbons (Fsp3) is 0.200. The maximum Gasteiger partial charge on any atom is 0.258 e. The van der Waals surface area contributed by atoms with Gasteiger partial charge in [0.1, 0.15) is 11.6 Å². The Kier molecular flexibility index (Phi) is 6.76. The summed E-state index contributed by atoms with van der Waals surface area (Å²) in [5, 5.41) is 5.92. The Bertz CT molecular complexity index is 1290. The minimum Gasteiger partial charge on any atom is -0.497 e. The normalized spacial score (nSPS) is 15.9. The van der Waals surface area contributed by atoms with Gasteiger partial charge < -0.3 is 4.74 Å². The Morgan fingerprint density at radius 2 is 1.71 bits per heavy atom. The van der Waals surface area contributed by atoms with Crippen LogP contribution in [0.2, 0.25) is 0 Å². The Morgan fingerprint density at radius 1 is 1.06 bits per heavy atom. The van der Waals surface area contributed by atoms with Crippen LogP contribution in [0.25, 0.3) is 0 Å². The maximum absolute atomic E-state index is 13.3. The second-order valence-corrected chi connectivity index (χ2v) is 9.90. The molecule has 176 valence electrons. The monoisotopic (exact) mass is 481 g/mol. The van der Waals surface area contributed by atoms with E-state index in [4.69, 9.17) is 4.74 Å². The van der Waals surface area contributed by atoms with Crippen molar-refractivity contribution < 1.29 is 22.3 Å². The van der Waals surface area contributed by atoms with E-state index >= 15 is 0 Å². The van der Waals surface area contributed by atoms with Crippen LogP contribution in [-0.2, 0) is 14.8 Å². The van der Waals surface area contributed by atoms with Crippen LogP contribution in [0.1, 0.15) is 23.6 Å². The standard InChI is InChI=1S/C25H24FN3O4S/c1-28(34(31,32)22-14-10-20(26)11-15-22)17-25(30)29-24(19-8-12-21(33-2)13-9-19)16-23(27-29)18-6-4-3-5-7-18/h3-15,24H,16-17H2,1-2H3/t24-/m1/s1. The molecule has 1 aliphatic rings. The maximum atomic E-state index is 13.3. The van der Waals surface area contributed by atoms with E-state index in [1.807, 2.05) is 54.6 Å². The van der Waals surface area contributed by atoms with Crippen molar-refractivity contribution in [1.29, 1.82) is 0 Å². The molecule has 7 nitrogen and oxygen atoms in total. The van der Waals surface area contributed by atoms with Gasteiger partial charge in [-0.05, 0) is 47.5 Å². The van der Waals surface area contributed by atoms with Gasteiger partial charge in [-0.25, -0.2) is 17.8 Å². The molecule has 3 aromatic carbocycles. The van der Waals surface area contributed by atoms with Gasteiger partial charge in [0.2, 0.25) is 10.0 Å². The molecule has 0 radical (unpaired) electrons. The SMILES string of the molecule is COc1ccc([C@H]2CC(c3ccccc3)=NN2C(=O)CN(C)S(=O)(=O)c2ccc(F)cc2)cc1. The Balaban J connectivity index is 1.61. The van der Waals surface area contributed by atoms with Crippen LogP contribution < -0.4 is 4.74 Å². The molecule has 1 heterocycles. The molecule has 4 rings (SSSR count). The van der Waals surface area contributed by atoms with Crippen LogP contribution in [-0.4, -0.2) is 50.1 Å². The van der Waals surface area contributed by atoms with Gasteiger partial charge in [-0.3, -0.25) is 4.79 Å². The third-order valence-corrected chi connectivity index (χ3v) is 7.47. The summed E-state index contributed by atoms with van der Waals surface area (Å²) in [6.07, 6.45) is 0.483. The summed E-state index contributed by atoms with van der Waals surface area (Å²) >= 11 is 0. The van der Waals surface area contributed by atoms with E-state index in [9.17, 15) is 17.6 Å². The molecule has 0 saturated carbocycles. The molecule has 1 aliphatic heterocycles. The molecule has 1 atom stereocenters. The van der Waals surface area contributed by atoms with Gasteiger partial charge in [0, 0.05) is 13.5 Å². The minimum atomic E-state index is -3.98. The first-order valence-electron chi connectivity index (χ1n) is 10.6. The van der Waals surface area contributed by atoms with Gasteiger partial charge in [-0.1, -0.05) is 42.5 Å². The van der Waals surface area contributed by atoms with Gasteiger partial charge in [0.05, 0.1) is 30.3 Å². The molecule has 0 aromatic heterocycles. The highest BCUT2D eigenvalue weighted by atomic mass is 32.2. The van der Waals surface area contributed by atoms with E-state index in [0.29, 0.717) is 12.2 Å². The van der Waals surface area contributed by atoms with Crippen molar-refractivity contribution in [1.82, 2.24) is 9.31 Å². The number of methoxy groups -OCH3 is 1. The number of rotatable bonds is 7. The fourth-order valence-corrected chi connectivity index (χ4v) is 4.89. The van der Waals surface area contributed by atoms with Gasteiger partial charge >= 0.3 is 0 Å². The fourth-order valence-electron chi connectivity index (χ4n) is 3.77. The van der Waals surface area contributed by atoms with Crippen LogP contribution in [0.15, 0.2) is 88.9 Å². The van der Waals surface area contributed by atoms with E-state index in [1.54, 1.807) is 7.11 Å². The number of hydrogen-bond donors (Lipinski definition) is 0. The number of sulfonamides is 1. The molecule has 34 heavy (non-hydrogen) atoms. The summed E-state index contributed by atoms with van der Waals surface area (Å²) in [7, 11) is -1.09. The summed E-state index contributed by atoms with van der Waals surface area (Å²) in [4.78, 5) is 13.2. The largest absolute Gasteiger partial charge is 0.497 e. The number of likely N-dealkylation sites (N-methyl/N-ethyl adjacent to an activating group) is 1. The smallest absolute Gasteiger partial charge is 0.258 e. The number of nitrogens with zero attached hydrogens (tertiary/aromatic N) is 3. The van der Waals surface area contributed by atoms with Crippen molar-refractivity contribution >= 4 is 21.6 Å². The van der Waals surface area contributed by atoms with E-state index in [-0.39, 0.29) is 4.90 Å². The highest BCUT2D eigenvalue weighted by Gasteiger charge is 2.35. The van der Waals surface area contributed by atoms with E-state index in [0.717, 1.165) is 33.3 Å². The molecule has 0 spiro atoms. The quantitative estimate of drug-likeness (QED) is 0.514. The molecule has 0 aliphatic carbocycles. The van der Waals surface area contributed by atoms with Gasteiger partial charge in [-0.2, -0.15) is 9.41 Å². The van der Waals surface area contributed by atoms with Crippen molar-refractivity contribution in [3.63, 3.8) is 0 Å². The van der Waals surface area contributed by atoms with Gasteiger partial charge in [-0.15, -0.1) is 0 Å². The lowest BCUT2D eigenvalue weighted by molar-refractivity contribution is -0.133. The third-order valence-electron chi connectivity index (χ3n) is 5.65. The Morgan fingerprint density at radius 3 is 2.32 bits per heavy atom. The highest BCUT2D eigenvalue weighted by molar-refractivity contribution is 7.89.